The average Bonchev–Trinajstić information content (AvgIpc) is 2.70. The largest absolute Gasteiger partial charge is 0.409 e. The van der Waals surface area contributed by atoms with Gasteiger partial charge in [-0.3, -0.25) is 4.79 Å². The van der Waals surface area contributed by atoms with Crippen LogP contribution in [0.15, 0.2) is 15.3 Å². The molecule has 102 valence electrons. The number of aryl methyl sites for hydroxylation is 2. The maximum atomic E-state index is 12.6. The van der Waals surface area contributed by atoms with Crippen molar-refractivity contribution in [2.24, 2.45) is 5.92 Å². The topological polar surface area (TPSA) is 63.8 Å². The number of hydrogen-bond acceptors (Lipinski definition) is 4. The van der Waals surface area contributed by atoms with E-state index in [1.807, 2.05) is 19.9 Å². The van der Waals surface area contributed by atoms with Gasteiger partial charge in [0.25, 0.3) is 16.3 Å². The number of rotatable bonds is 3. The molecule has 0 aliphatic carbocycles. The van der Waals surface area contributed by atoms with Gasteiger partial charge in [0, 0.05) is 12.2 Å². The Morgan fingerprint density at radius 1 is 1.47 bits per heavy atom. The minimum absolute atomic E-state index is 0.0866. The predicted molar refractivity (Wildman–Crippen MR) is 75.7 cm³/mol. The highest BCUT2D eigenvalue weighted by atomic mass is 32.1. The second-order valence-electron chi connectivity index (χ2n) is 5.07. The highest BCUT2D eigenvalue weighted by Gasteiger charge is 2.17. The highest BCUT2D eigenvalue weighted by Crippen LogP contribution is 2.18. The van der Waals surface area contributed by atoms with E-state index < -0.39 is 0 Å². The van der Waals surface area contributed by atoms with Crippen LogP contribution < -0.4 is 5.56 Å². The van der Waals surface area contributed by atoms with Crippen molar-refractivity contribution in [3.05, 3.63) is 32.5 Å². The monoisotopic (exact) mass is 279 g/mol. The fourth-order valence-electron chi connectivity index (χ4n) is 2.12. The third-order valence-electron chi connectivity index (χ3n) is 2.90. The van der Waals surface area contributed by atoms with Crippen LogP contribution in [-0.4, -0.2) is 14.8 Å². The highest BCUT2D eigenvalue weighted by molar-refractivity contribution is 7.71. The second-order valence-corrected chi connectivity index (χ2v) is 5.44. The summed E-state index contributed by atoms with van der Waals surface area (Å²) in [5, 5.41) is 6.49. The lowest BCUT2D eigenvalue weighted by Crippen LogP contribution is -2.26. The number of aromatic nitrogens is 3. The Bertz CT molecular complexity index is 709. The molecule has 2 aromatic rings. The van der Waals surface area contributed by atoms with Crippen LogP contribution in [0.5, 0.6) is 0 Å². The number of H-pyrrole nitrogens is 1. The van der Waals surface area contributed by atoms with Gasteiger partial charge >= 0.3 is 0 Å². The molecule has 0 aliphatic rings. The molecule has 0 aliphatic heterocycles. The molecule has 0 radical (unpaired) electrons. The van der Waals surface area contributed by atoms with Gasteiger partial charge in [0.2, 0.25) is 0 Å². The van der Waals surface area contributed by atoms with Crippen molar-refractivity contribution in [2.75, 3.05) is 0 Å². The van der Waals surface area contributed by atoms with Crippen molar-refractivity contribution in [1.29, 1.82) is 0 Å². The molecular formula is C13H17N3O2S. The molecule has 1 N–H and O–H groups in total. The molecule has 19 heavy (non-hydrogen) atoms. The van der Waals surface area contributed by atoms with Gasteiger partial charge in [-0.05, 0) is 43.6 Å². The summed E-state index contributed by atoms with van der Waals surface area (Å²) in [6.45, 7) is 8.62. The smallest absolute Gasteiger partial charge is 0.284 e. The molecule has 0 spiro atoms. The quantitative estimate of drug-likeness (QED) is 0.877. The first-order valence-electron chi connectivity index (χ1n) is 6.17. The van der Waals surface area contributed by atoms with Crippen LogP contribution in [0.3, 0.4) is 0 Å². The lowest BCUT2D eigenvalue weighted by atomic mass is 10.1. The molecule has 2 rings (SSSR count). The van der Waals surface area contributed by atoms with Crippen LogP contribution in [-0.2, 0) is 6.54 Å². The molecule has 0 bridgehead atoms. The van der Waals surface area contributed by atoms with Crippen molar-refractivity contribution in [3.63, 3.8) is 0 Å². The first-order chi connectivity index (χ1) is 8.90. The Balaban J connectivity index is 2.68. The fraction of sp³-hybridized carbons (Fsp3) is 0.462. The maximum Gasteiger partial charge on any atom is 0.284 e. The second kappa shape index (κ2) is 5.13. The predicted octanol–water partition coefficient (Wildman–Crippen LogP) is 2.83. The van der Waals surface area contributed by atoms with E-state index in [2.05, 4.69) is 24.0 Å². The standard InChI is InChI=1S/C13H17N3O2S/c1-7(2)6-16-9(4)5-8(3)10(12(16)17)11-14-15-13(19)18-11/h5,7H,6H2,1-4H3,(H,15,19). The van der Waals surface area contributed by atoms with E-state index in [1.54, 1.807) is 4.57 Å². The number of nitrogens with one attached hydrogen (secondary N) is 1. The van der Waals surface area contributed by atoms with E-state index in [1.165, 1.54) is 0 Å². The summed E-state index contributed by atoms with van der Waals surface area (Å²) < 4.78 is 7.02. The van der Waals surface area contributed by atoms with Gasteiger partial charge in [-0.2, -0.15) is 0 Å². The van der Waals surface area contributed by atoms with Gasteiger partial charge in [0.15, 0.2) is 0 Å². The Labute approximate surface area is 116 Å². The summed E-state index contributed by atoms with van der Waals surface area (Å²) >= 11 is 4.85. The van der Waals surface area contributed by atoms with Crippen molar-refractivity contribution in [1.82, 2.24) is 14.8 Å². The Morgan fingerprint density at radius 2 is 2.16 bits per heavy atom. The molecule has 0 aromatic carbocycles. The van der Waals surface area contributed by atoms with Crippen LogP contribution in [0.1, 0.15) is 25.1 Å². The van der Waals surface area contributed by atoms with E-state index in [4.69, 9.17) is 16.6 Å². The molecule has 6 heteroatoms. The number of nitrogens with zero attached hydrogens (tertiary/aromatic N) is 2. The molecular weight excluding hydrogens is 262 g/mol. The van der Waals surface area contributed by atoms with Gasteiger partial charge in [-0.1, -0.05) is 13.8 Å². The van der Waals surface area contributed by atoms with Gasteiger partial charge in [-0.15, -0.1) is 5.10 Å². The lowest BCUT2D eigenvalue weighted by molar-refractivity contribution is 0.499. The van der Waals surface area contributed by atoms with Crippen molar-refractivity contribution in [3.8, 4) is 11.5 Å². The molecule has 0 amide bonds. The van der Waals surface area contributed by atoms with Crippen molar-refractivity contribution >= 4 is 12.2 Å². The minimum atomic E-state index is -0.0866. The average molecular weight is 279 g/mol. The fourth-order valence-corrected chi connectivity index (χ4v) is 2.24. The molecule has 0 saturated carbocycles. The molecule has 0 atom stereocenters. The van der Waals surface area contributed by atoms with Crippen LogP contribution in [0.2, 0.25) is 0 Å². The van der Waals surface area contributed by atoms with Crippen LogP contribution >= 0.6 is 12.2 Å². The number of pyridine rings is 1. The maximum absolute atomic E-state index is 12.6. The Kier molecular flexibility index (Phi) is 3.71. The molecule has 2 aromatic heterocycles. The Morgan fingerprint density at radius 3 is 2.68 bits per heavy atom. The first kappa shape index (κ1) is 13.7. The van der Waals surface area contributed by atoms with Gasteiger partial charge in [-0.25, -0.2) is 5.10 Å². The molecule has 5 nitrogen and oxygen atoms in total. The summed E-state index contributed by atoms with van der Waals surface area (Å²) in [6, 6.07) is 1.96. The number of aromatic amines is 1. The van der Waals surface area contributed by atoms with E-state index in [9.17, 15) is 4.79 Å². The van der Waals surface area contributed by atoms with E-state index in [0.717, 1.165) is 11.3 Å². The molecule has 2 heterocycles. The Hall–Kier alpha value is -1.69. The third kappa shape index (κ3) is 2.68. The van der Waals surface area contributed by atoms with E-state index in [-0.39, 0.29) is 16.3 Å². The van der Waals surface area contributed by atoms with Gasteiger partial charge < -0.3 is 8.98 Å². The van der Waals surface area contributed by atoms with Crippen LogP contribution in [0, 0.1) is 24.6 Å². The lowest BCUT2D eigenvalue weighted by Gasteiger charge is -2.14. The molecule has 0 unspecified atom stereocenters. The summed E-state index contributed by atoms with van der Waals surface area (Å²) in [5.41, 5.74) is 2.16. The van der Waals surface area contributed by atoms with Crippen LogP contribution in [0.25, 0.3) is 11.5 Å². The number of hydrogen-bond donors (Lipinski definition) is 1. The minimum Gasteiger partial charge on any atom is -0.409 e. The van der Waals surface area contributed by atoms with Crippen molar-refractivity contribution < 1.29 is 4.42 Å². The van der Waals surface area contributed by atoms with Gasteiger partial charge in [0.1, 0.15) is 5.56 Å². The zero-order valence-corrected chi connectivity index (χ0v) is 12.3. The summed E-state index contributed by atoms with van der Waals surface area (Å²) in [4.78, 5) is 12.7. The summed E-state index contributed by atoms with van der Waals surface area (Å²) in [5.74, 6) is 0.641. The first-order valence-corrected chi connectivity index (χ1v) is 6.58. The summed E-state index contributed by atoms with van der Waals surface area (Å²) in [6.07, 6.45) is 0. The van der Waals surface area contributed by atoms with Crippen molar-refractivity contribution in [2.45, 2.75) is 34.2 Å². The van der Waals surface area contributed by atoms with E-state index in [0.29, 0.717) is 18.0 Å². The third-order valence-corrected chi connectivity index (χ3v) is 3.08. The van der Waals surface area contributed by atoms with Gasteiger partial charge in [0.05, 0.1) is 0 Å². The van der Waals surface area contributed by atoms with Crippen LogP contribution in [0.4, 0.5) is 0 Å². The molecule has 0 fully saturated rings. The zero-order valence-electron chi connectivity index (χ0n) is 11.5. The normalized spacial score (nSPS) is 11.2. The SMILES string of the molecule is Cc1cc(C)n(CC(C)C)c(=O)c1-c1n[nH]c(=S)o1. The zero-order chi connectivity index (χ0) is 14.2. The summed E-state index contributed by atoms with van der Waals surface area (Å²) in [7, 11) is 0. The van der Waals surface area contributed by atoms with E-state index >= 15 is 0 Å². The molecule has 0 saturated heterocycles.